The molecule has 0 fully saturated rings. The summed E-state index contributed by atoms with van der Waals surface area (Å²) >= 11 is 0. The van der Waals surface area contributed by atoms with Gasteiger partial charge in [0.2, 0.25) is 11.9 Å². The van der Waals surface area contributed by atoms with Gasteiger partial charge < -0.3 is 30.5 Å². The van der Waals surface area contributed by atoms with Crippen molar-refractivity contribution in [2.75, 3.05) is 66.9 Å². The van der Waals surface area contributed by atoms with Crippen molar-refractivity contribution in [2.45, 2.75) is 11.8 Å². The van der Waals surface area contributed by atoms with Gasteiger partial charge in [-0.1, -0.05) is 36.4 Å². The highest BCUT2D eigenvalue weighted by Gasteiger charge is 2.18. The lowest BCUT2D eigenvalue weighted by Gasteiger charge is -2.26. The first-order chi connectivity index (χ1) is 21.6. The lowest BCUT2D eigenvalue weighted by Crippen LogP contribution is -2.29. The average Bonchev–Trinajstić information content (AvgIpc) is 3.02. The van der Waals surface area contributed by atoms with E-state index < -0.39 is 16.8 Å². The number of nitrogens with one attached hydrogen (secondary N) is 4. The number of aromatic nitrogens is 2. The van der Waals surface area contributed by atoms with Gasteiger partial charge in [0.15, 0.2) is 11.6 Å². The van der Waals surface area contributed by atoms with E-state index in [2.05, 4.69) is 42.1 Å². The number of hydrogen-bond donors (Lipinski definition) is 4. The molecular weight excluding hydrogens is 595 g/mol. The van der Waals surface area contributed by atoms with Crippen LogP contribution >= 0.6 is 0 Å². The highest BCUT2D eigenvalue weighted by atomic mass is 32.2. The maximum absolute atomic E-state index is 15.0. The van der Waals surface area contributed by atoms with E-state index in [0.717, 1.165) is 24.0 Å². The van der Waals surface area contributed by atoms with E-state index in [1.165, 1.54) is 13.2 Å². The Morgan fingerprint density at radius 1 is 1.00 bits per heavy atom. The number of aryl methyl sites for hydroxylation is 1. The summed E-state index contributed by atoms with van der Waals surface area (Å²) in [6.07, 6.45) is 2.22. The molecular formula is C32H37FN8O3S. The fourth-order valence-corrected chi connectivity index (χ4v) is 5.05. The van der Waals surface area contributed by atoms with Crippen LogP contribution in [-0.4, -0.2) is 66.3 Å². The van der Waals surface area contributed by atoms with Crippen LogP contribution in [0.3, 0.4) is 0 Å². The normalized spacial score (nSPS) is 11.4. The number of carbonyl (C=O) groups excluding carboxylic acids is 1. The van der Waals surface area contributed by atoms with Crippen molar-refractivity contribution in [1.29, 1.82) is 0 Å². The number of para-hydroxylation sites is 2. The van der Waals surface area contributed by atoms with Crippen LogP contribution in [0, 0.1) is 12.7 Å². The number of amides is 1. The quantitative estimate of drug-likeness (QED) is 0.130. The minimum Gasteiger partial charge on any atom is -0.494 e. The molecule has 11 nitrogen and oxygen atoms in total. The van der Waals surface area contributed by atoms with Crippen molar-refractivity contribution in [1.82, 2.24) is 14.9 Å². The molecule has 0 aliphatic heterocycles. The van der Waals surface area contributed by atoms with Gasteiger partial charge in [-0.15, -0.1) is 0 Å². The molecule has 1 aromatic heterocycles. The first kappa shape index (κ1) is 32.9. The van der Waals surface area contributed by atoms with E-state index in [4.69, 9.17) is 4.74 Å². The smallest absolute Gasteiger partial charge is 0.247 e. The van der Waals surface area contributed by atoms with E-state index in [0.29, 0.717) is 39.9 Å². The largest absolute Gasteiger partial charge is 0.494 e. The second kappa shape index (κ2) is 15.1. The third kappa shape index (κ3) is 8.77. The number of hydrogen-bond acceptors (Lipinski definition) is 9. The second-order valence-electron chi connectivity index (χ2n) is 10.4. The molecule has 0 aliphatic rings. The molecule has 4 rings (SSSR count). The number of halogens is 1. The van der Waals surface area contributed by atoms with Crippen LogP contribution in [0.4, 0.5) is 44.6 Å². The Bertz CT molecular complexity index is 1680. The fraction of sp³-hybridized carbons (Fsp3) is 0.219. The molecule has 0 spiro atoms. The third-order valence-electron chi connectivity index (χ3n) is 6.66. The molecule has 13 heteroatoms. The van der Waals surface area contributed by atoms with Crippen molar-refractivity contribution in [3.8, 4) is 5.75 Å². The fourth-order valence-electron chi connectivity index (χ4n) is 4.17. The lowest BCUT2D eigenvalue weighted by atomic mass is 10.2. The Morgan fingerprint density at radius 3 is 2.38 bits per heavy atom. The van der Waals surface area contributed by atoms with Crippen molar-refractivity contribution in [2.24, 2.45) is 0 Å². The number of methoxy groups -OCH3 is 1. The molecule has 0 aliphatic carbocycles. The van der Waals surface area contributed by atoms with Gasteiger partial charge in [0.05, 0.1) is 46.6 Å². The highest BCUT2D eigenvalue weighted by molar-refractivity contribution is 7.86. The molecule has 1 atom stereocenters. The standard InChI is InChI=1S/C32H37FN8O3S/c1-7-30(42)35-26-18-27(29(44-6)19-28(26)41(5)17-16-40(3)4)37-32-34-20-23(33)31(38-32)36-24-10-8-9-11-25(24)39-45(43)22-14-12-21(2)13-15-22/h7-15,18-20,39H,1,16-17H2,2-6H3,(H,35,42)(H2,34,36,37,38). The number of ether oxygens (including phenoxy) is 1. The van der Waals surface area contributed by atoms with Crippen LogP contribution in [0.15, 0.2) is 84.4 Å². The number of anilines is 7. The summed E-state index contributed by atoms with van der Waals surface area (Å²) in [6, 6.07) is 17.8. The van der Waals surface area contributed by atoms with Crippen LogP contribution in [0.2, 0.25) is 0 Å². The van der Waals surface area contributed by atoms with Crippen molar-refractivity contribution >= 4 is 57.1 Å². The zero-order valence-corrected chi connectivity index (χ0v) is 26.7. The van der Waals surface area contributed by atoms with Crippen molar-refractivity contribution in [3.63, 3.8) is 0 Å². The van der Waals surface area contributed by atoms with E-state index in [1.807, 2.05) is 45.1 Å². The Balaban J connectivity index is 1.61. The summed E-state index contributed by atoms with van der Waals surface area (Å²) in [7, 11) is 5.85. The zero-order chi connectivity index (χ0) is 32.5. The molecule has 1 amide bonds. The number of carbonyl (C=O) groups is 1. The number of nitrogens with zero attached hydrogens (tertiary/aromatic N) is 4. The number of likely N-dealkylation sites (N-methyl/N-ethyl adjacent to an activating group) is 2. The van der Waals surface area contributed by atoms with E-state index in [-0.39, 0.29) is 17.7 Å². The lowest BCUT2D eigenvalue weighted by molar-refractivity contribution is -0.111. The van der Waals surface area contributed by atoms with Gasteiger partial charge in [0.1, 0.15) is 16.7 Å². The maximum atomic E-state index is 15.0. The zero-order valence-electron chi connectivity index (χ0n) is 25.8. The second-order valence-corrected chi connectivity index (χ2v) is 11.6. The van der Waals surface area contributed by atoms with Crippen LogP contribution < -0.4 is 30.3 Å². The predicted molar refractivity (Wildman–Crippen MR) is 180 cm³/mol. The first-order valence-electron chi connectivity index (χ1n) is 14.0. The topological polar surface area (TPSA) is 124 Å². The maximum Gasteiger partial charge on any atom is 0.247 e. The Kier molecular flexibility index (Phi) is 11.1. The molecule has 45 heavy (non-hydrogen) atoms. The minimum absolute atomic E-state index is 0.0700. The summed E-state index contributed by atoms with van der Waals surface area (Å²) in [5.74, 6) is -0.663. The molecule has 0 saturated carbocycles. The predicted octanol–water partition coefficient (Wildman–Crippen LogP) is 5.68. The molecule has 1 heterocycles. The SMILES string of the molecule is C=CC(=O)Nc1cc(Nc2ncc(F)c(Nc3ccccc3NS(=O)c3ccc(C)cc3)n2)c(OC)cc1N(C)CCN(C)C. The molecule has 4 N–H and O–H groups in total. The number of benzene rings is 3. The summed E-state index contributed by atoms with van der Waals surface area (Å²) in [6.45, 7) is 6.98. The van der Waals surface area contributed by atoms with E-state index in [1.54, 1.807) is 48.5 Å². The molecule has 1 unspecified atom stereocenters. The van der Waals surface area contributed by atoms with Crippen molar-refractivity contribution in [3.05, 3.63) is 90.9 Å². The van der Waals surface area contributed by atoms with E-state index in [9.17, 15) is 13.4 Å². The molecule has 0 bridgehead atoms. The van der Waals surface area contributed by atoms with Crippen LogP contribution in [-0.2, 0) is 15.8 Å². The van der Waals surface area contributed by atoms with Crippen LogP contribution in [0.25, 0.3) is 0 Å². The summed E-state index contributed by atoms with van der Waals surface area (Å²) in [5, 5.41) is 8.90. The minimum atomic E-state index is -1.55. The molecule has 0 radical (unpaired) electrons. The summed E-state index contributed by atoms with van der Waals surface area (Å²) in [5.41, 5.74) is 3.67. The molecule has 3 aromatic carbocycles. The summed E-state index contributed by atoms with van der Waals surface area (Å²) in [4.78, 5) is 25.4. The van der Waals surface area contributed by atoms with E-state index >= 15 is 0 Å². The monoisotopic (exact) mass is 632 g/mol. The Hall–Kier alpha value is -5.01. The summed E-state index contributed by atoms with van der Waals surface area (Å²) < 4.78 is 36.6. The average molecular weight is 633 g/mol. The van der Waals surface area contributed by atoms with Gasteiger partial charge >= 0.3 is 0 Å². The molecule has 0 saturated heterocycles. The van der Waals surface area contributed by atoms with Gasteiger partial charge in [-0.05, 0) is 57.4 Å². The van der Waals surface area contributed by atoms with Gasteiger partial charge in [0, 0.05) is 26.2 Å². The van der Waals surface area contributed by atoms with Gasteiger partial charge in [-0.3, -0.25) is 9.52 Å². The molecule has 236 valence electrons. The third-order valence-corrected chi connectivity index (χ3v) is 7.77. The van der Waals surface area contributed by atoms with Gasteiger partial charge in [-0.25, -0.2) is 13.6 Å². The van der Waals surface area contributed by atoms with Gasteiger partial charge in [0.25, 0.3) is 0 Å². The first-order valence-corrected chi connectivity index (χ1v) is 15.1. The van der Waals surface area contributed by atoms with Gasteiger partial charge in [-0.2, -0.15) is 4.98 Å². The van der Waals surface area contributed by atoms with Crippen LogP contribution in [0.5, 0.6) is 5.75 Å². The molecule has 4 aromatic rings. The number of rotatable bonds is 14. The van der Waals surface area contributed by atoms with Crippen molar-refractivity contribution < 1.29 is 18.1 Å². The Labute approximate surface area is 265 Å². The Morgan fingerprint density at radius 2 is 1.71 bits per heavy atom. The highest BCUT2D eigenvalue weighted by Crippen LogP contribution is 2.38. The van der Waals surface area contributed by atoms with Crippen LogP contribution in [0.1, 0.15) is 5.56 Å².